The number of carbonyl (C=O) groups is 2. The van der Waals surface area contributed by atoms with E-state index in [1.165, 1.54) is 0 Å². The Morgan fingerprint density at radius 1 is 0.806 bits per heavy atom. The second-order valence-electron chi connectivity index (χ2n) is 5.48. The minimum atomic E-state index is -8.12. The molecule has 1 aromatic rings. The molecule has 1 N–H and O–H groups in total. The Bertz CT molecular complexity index is 846. The minimum absolute atomic E-state index is 0.344. The van der Waals surface area contributed by atoms with Crippen LogP contribution in [0.25, 0.3) is 0 Å². The molecule has 0 bridgehead atoms. The SMILES string of the molecule is COC(=O)c1sccc1NC(=O)C(F)(F)C(F)(F)C(F)(F)C(F)(F)C(F)(F)C(F)(F)F. The Balaban J connectivity index is 3.42. The molecule has 31 heavy (non-hydrogen) atoms. The number of alkyl halides is 13. The Morgan fingerprint density at radius 3 is 1.68 bits per heavy atom. The van der Waals surface area contributed by atoms with Gasteiger partial charge in [0.05, 0.1) is 12.8 Å². The van der Waals surface area contributed by atoms with Crippen molar-refractivity contribution < 1.29 is 71.4 Å². The fourth-order valence-corrected chi connectivity index (χ4v) is 2.54. The van der Waals surface area contributed by atoms with Gasteiger partial charge < -0.3 is 10.1 Å². The molecule has 0 atom stereocenters. The first kappa shape index (κ1) is 26.8. The molecule has 1 amide bonds. The summed E-state index contributed by atoms with van der Waals surface area (Å²) in [7, 11) is 0.736. The van der Waals surface area contributed by atoms with Gasteiger partial charge in [-0.2, -0.15) is 57.1 Å². The lowest BCUT2D eigenvalue weighted by Gasteiger charge is -2.39. The number of anilines is 1. The molecule has 1 aromatic heterocycles. The summed E-state index contributed by atoms with van der Waals surface area (Å²) >= 11 is 0.344. The number of methoxy groups -OCH3 is 1. The van der Waals surface area contributed by atoms with Gasteiger partial charge in [0.25, 0.3) is 0 Å². The molecule has 0 aromatic carbocycles. The zero-order valence-corrected chi connectivity index (χ0v) is 15.0. The first-order valence-electron chi connectivity index (χ1n) is 7.04. The number of hydrogen-bond acceptors (Lipinski definition) is 4. The monoisotopic (exact) mass is 503 g/mol. The van der Waals surface area contributed by atoms with E-state index in [1.54, 1.807) is 0 Å². The zero-order valence-electron chi connectivity index (χ0n) is 14.2. The third kappa shape index (κ3) is 3.89. The predicted octanol–water partition coefficient (Wildman–Crippen LogP) is 5.21. The number of hydrogen-bond donors (Lipinski definition) is 1. The van der Waals surface area contributed by atoms with Crippen LogP contribution in [0.5, 0.6) is 0 Å². The normalized spacial score (nSPS) is 14.4. The molecule has 4 nitrogen and oxygen atoms in total. The van der Waals surface area contributed by atoms with Crippen molar-refractivity contribution in [2.45, 2.75) is 35.8 Å². The summed E-state index contributed by atoms with van der Waals surface area (Å²) in [5.74, 6) is -43.7. The van der Waals surface area contributed by atoms with Crippen LogP contribution < -0.4 is 5.32 Å². The molecule has 18 heteroatoms. The Morgan fingerprint density at radius 2 is 1.26 bits per heavy atom. The number of ether oxygens (including phenoxy) is 1. The van der Waals surface area contributed by atoms with Crippen molar-refractivity contribution in [1.82, 2.24) is 0 Å². The molecule has 0 aliphatic rings. The fraction of sp³-hybridized carbons (Fsp3) is 0.538. The third-order valence-corrected chi connectivity index (χ3v) is 4.40. The van der Waals surface area contributed by atoms with Crippen LogP contribution in [-0.2, 0) is 9.53 Å². The summed E-state index contributed by atoms with van der Waals surface area (Å²) in [4.78, 5) is 21.9. The lowest BCUT2D eigenvalue weighted by atomic mass is 9.93. The highest BCUT2D eigenvalue weighted by Gasteiger charge is 2.91. The summed E-state index contributed by atoms with van der Waals surface area (Å²) in [6.45, 7) is 0. The summed E-state index contributed by atoms with van der Waals surface area (Å²) in [5.41, 5.74) is -1.06. The van der Waals surface area contributed by atoms with Crippen LogP contribution in [0.3, 0.4) is 0 Å². The van der Waals surface area contributed by atoms with E-state index in [4.69, 9.17) is 0 Å². The van der Waals surface area contributed by atoms with Gasteiger partial charge in [-0.15, -0.1) is 11.3 Å². The molecule has 1 heterocycles. The first-order valence-corrected chi connectivity index (χ1v) is 7.92. The third-order valence-electron chi connectivity index (χ3n) is 3.50. The van der Waals surface area contributed by atoms with Crippen LogP contribution in [0, 0.1) is 0 Å². The summed E-state index contributed by atoms with van der Waals surface area (Å²) in [6.07, 6.45) is -7.56. The van der Waals surface area contributed by atoms with Crippen molar-refractivity contribution >= 4 is 28.9 Å². The summed E-state index contributed by atoms with van der Waals surface area (Å²) in [6, 6.07) is 0.577. The van der Waals surface area contributed by atoms with E-state index in [9.17, 15) is 66.7 Å². The lowest BCUT2D eigenvalue weighted by Crippen LogP contribution is -2.71. The highest BCUT2D eigenvalue weighted by Crippen LogP contribution is 2.60. The second-order valence-corrected chi connectivity index (χ2v) is 6.39. The van der Waals surface area contributed by atoms with Gasteiger partial charge in [-0.3, -0.25) is 4.79 Å². The maximum absolute atomic E-state index is 13.7. The number of halogens is 13. The van der Waals surface area contributed by atoms with E-state index in [-0.39, 0.29) is 0 Å². The van der Waals surface area contributed by atoms with Gasteiger partial charge in [-0.25, -0.2) is 4.79 Å². The molecular formula is C13H6F13NO3S. The fourth-order valence-electron chi connectivity index (χ4n) is 1.77. The Hall–Kier alpha value is -2.27. The molecule has 178 valence electrons. The summed E-state index contributed by atoms with van der Waals surface area (Å²) < 4.78 is 173. The smallest absolute Gasteiger partial charge is 0.460 e. The molecule has 0 spiro atoms. The van der Waals surface area contributed by atoms with Gasteiger partial charge in [-0.05, 0) is 11.4 Å². The molecule has 0 saturated carbocycles. The Kier molecular flexibility index (Phi) is 6.65. The maximum atomic E-state index is 13.7. The average molecular weight is 503 g/mol. The van der Waals surface area contributed by atoms with Crippen molar-refractivity contribution in [2.24, 2.45) is 0 Å². The quantitative estimate of drug-likeness (QED) is 0.411. The van der Waals surface area contributed by atoms with E-state index < -0.39 is 58.2 Å². The molecule has 0 aliphatic carbocycles. The topological polar surface area (TPSA) is 55.4 Å². The number of thiophene rings is 1. The number of esters is 1. The zero-order chi connectivity index (χ0) is 24.8. The maximum Gasteiger partial charge on any atom is 0.460 e. The Labute approximate surface area is 165 Å². The second kappa shape index (κ2) is 7.70. The predicted molar refractivity (Wildman–Crippen MR) is 75.1 cm³/mol. The molecule has 0 saturated heterocycles. The van der Waals surface area contributed by atoms with Gasteiger partial charge in [0.1, 0.15) is 4.88 Å². The van der Waals surface area contributed by atoms with Gasteiger partial charge in [0.2, 0.25) is 0 Å². The number of rotatable bonds is 7. The van der Waals surface area contributed by atoms with Crippen LogP contribution in [0.2, 0.25) is 0 Å². The first-order chi connectivity index (χ1) is 13.6. The number of nitrogens with one attached hydrogen (secondary N) is 1. The van der Waals surface area contributed by atoms with Gasteiger partial charge in [0.15, 0.2) is 0 Å². The van der Waals surface area contributed by atoms with Crippen LogP contribution >= 0.6 is 11.3 Å². The van der Waals surface area contributed by atoms with Gasteiger partial charge in [-0.1, -0.05) is 0 Å². The number of amides is 1. The van der Waals surface area contributed by atoms with Gasteiger partial charge in [0, 0.05) is 0 Å². The van der Waals surface area contributed by atoms with E-state index in [0.717, 1.165) is 17.8 Å². The van der Waals surface area contributed by atoms with Gasteiger partial charge >= 0.3 is 47.7 Å². The molecule has 0 fully saturated rings. The largest absolute Gasteiger partial charge is 0.465 e. The van der Waals surface area contributed by atoms with Crippen LogP contribution in [0.4, 0.5) is 62.8 Å². The molecule has 0 unspecified atom stereocenters. The van der Waals surface area contributed by atoms with Crippen LogP contribution in [0.1, 0.15) is 9.67 Å². The standard InChI is InChI=1S/C13H6F13NO3S/c1-30-6(28)5-4(2-3-31-5)27-7(29)8(14,15)9(16,17)10(18,19)11(20,21)12(22,23)13(24,25)26/h2-3H,1H3,(H,27,29). The molecule has 1 rings (SSSR count). The minimum Gasteiger partial charge on any atom is -0.465 e. The van der Waals surface area contributed by atoms with Crippen LogP contribution in [0.15, 0.2) is 11.4 Å². The van der Waals surface area contributed by atoms with E-state index in [2.05, 4.69) is 4.74 Å². The van der Waals surface area contributed by atoms with Crippen molar-refractivity contribution in [2.75, 3.05) is 12.4 Å². The molecular weight excluding hydrogens is 497 g/mol. The van der Waals surface area contributed by atoms with E-state index >= 15 is 0 Å². The summed E-state index contributed by atoms with van der Waals surface area (Å²) in [5, 5.41) is 1.66. The van der Waals surface area contributed by atoms with E-state index in [0.29, 0.717) is 17.4 Å². The van der Waals surface area contributed by atoms with Crippen LogP contribution in [-0.4, -0.2) is 54.8 Å². The van der Waals surface area contributed by atoms with Crippen molar-refractivity contribution in [3.05, 3.63) is 16.3 Å². The highest BCUT2D eigenvalue weighted by atomic mass is 32.1. The molecule has 0 aliphatic heterocycles. The lowest BCUT2D eigenvalue weighted by molar-refractivity contribution is -0.435. The van der Waals surface area contributed by atoms with Crippen molar-refractivity contribution in [1.29, 1.82) is 0 Å². The van der Waals surface area contributed by atoms with Crippen molar-refractivity contribution in [3.63, 3.8) is 0 Å². The van der Waals surface area contributed by atoms with Crippen molar-refractivity contribution in [3.8, 4) is 0 Å². The highest BCUT2D eigenvalue weighted by molar-refractivity contribution is 7.12. The van der Waals surface area contributed by atoms with E-state index in [1.807, 2.05) is 0 Å². The number of carbonyl (C=O) groups excluding carboxylic acids is 2. The molecule has 0 radical (unpaired) electrons. The average Bonchev–Trinajstić information content (AvgIpc) is 3.07.